The molecule has 2 aliphatic heterocycles. The van der Waals surface area contributed by atoms with Gasteiger partial charge in [0.2, 0.25) is 0 Å². The molecule has 0 atom stereocenters. The Balaban J connectivity index is 1.22. The van der Waals surface area contributed by atoms with Crippen LogP contribution in [0.2, 0.25) is 0 Å². The highest BCUT2D eigenvalue weighted by atomic mass is 79.9. The molecule has 0 aliphatic carbocycles. The van der Waals surface area contributed by atoms with E-state index in [1.807, 2.05) is 13.0 Å². The minimum atomic E-state index is -0.159. The molecule has 2 aromatic rings. The summed E-state index contributed by atoms with van der Waals surface area (Å²) >= 11 is 3.52. The number of piperazine rings is 1. The number of rotatable bonds is 8. The predicted molar refractivity (Wildman–Crippen MR) is 125 cm³/mol. The molecule has 2 aliphatic rings. The summed E-state index contributed by atoms with van der Waals surface area (Å²) in [6.07, 6.45) is 1.79. The van der Waals surface area contributed by atoms with Crippen LogP contribution in [0, 0.1) is 0 Å². The number of benzene rings is 2. The van der Waals surface area contributed by atoms with Crippen LogP contribution in [0.1, 0.15) is 40.5 Å². The average Bonchev–Trinajstić information content (AvgIpc) is 3.02. The third-order valence-corrected chi connectivity index (χ3v) is 6.41. The first kappa shape index (κ1) is 21.8. The summed E-state index contributed by atoms with van der Waals surface area (Å²) in [5, 5.41) is 0. The third-order valence-electron chi connectivity index (χ3n) is 5.92. The lowest BCUT2D eigenvalue weighted by Crippen LogP contribution is -2.46. The van der Waals surface area contributed by atoms with Gasteiger partial charge in [0.25, 0.3) is 11.8 Å². The first-order valence-corrected chi connectivity index (χ1v) is 11.7. The Morgan fingerprint density at radius 1 is 0.903 bits per heavy atom. The molecule has 0 bridgehead atoms. The first-order valence-electron chi connectivity index (χ1n) is 10.9. The Morgan fingerprint density at radius 2 is 1.55 bits per heavy atom. The van der Waals surface area contributed by atoms with Crippen molar-refractivity contribution in [3.63, 3.8) is 0 Å². The van der Waals surface area contributed by atoms with Crippen molar-refractivity contribution in [3.05, 3.63) is 58.1 Å². The van der Waals surface area contributed by atoms with Crippen molar-refractivity contribution in [2.24, 2.45) is 0 Å². The molecule has 4 rings (SSSR count). The molecule has 0 unspecified atom stereocenters. The second kappa shape index (κ2) is 9.83. The fourth-order valence-electron chi connectivity index (χ4n) is 4.28. The molecule has 164 valence electrons. The van der Waals surface area contributed by atoms with Crippen molar-refractivity contribution < 1.29 is 14.3 Å². The maximum Gasteiger partial charge on any atom is 0.261 e. The second-order valence-electron chi connectivity index (χ2n) is 7.89. The zero-order valence-corrected chi connectivity index (χ0v) is 19.4. The maximum absolute atomic E-state index is 12.4. The fourth-order valence-corrected chi connectivity index (χ4v) is 4.62. The number of carbonyl (C=O) groups is 2. The van der Waals surface area contributed by atoms with Crippen LogP contribution in [-0.4, -0.2) is 67.5 Å². The van der Waals surface area contributed by atoms with Crippen LogP contribution in [-0.2, 0) is 0 Å². The van der Waals surface area contributed by atoms with E-state index in [2.05, 4.69) is 37.9 Å². The standard InChI is InChI=1S/C24H28BrN3O3/c1-2-31-22-17-18(25)9-10-21(22)27-15-13-26(14-16-27)11-5-6-12-28-23(29)19-7-3-4-8-20(19)24(28)30/h3-4,7-10,17H,2,5-6,11-16H2,1H3. The van der Waals surface area contributed by atoms with E-state index in [0.29, 0.717) is 24.3 Å². The van der Waals surface area contributed by atoms with Crippen LogP contribution in [0.4, 0.5) is 5.69 Å². The number of unbranched alkanes of at least 4 members (excludes halogenated alkanes) is 1. The number of fused-ring (bicyclic) bond motifs is 1. The van der Waals surface area contributed by atoms with E-state index in [1.165, 1.54) is 4.90 Å². The maximum atomic E-state index is 12.4. The van der Waals surface area contributed by atoms with Gasteiger partial charge in [-0.15, -0.1) is 0 Å². The van der Waals surface area contributed by atoms with Crippen molar-refractivity contribution in [1.29, 1.82) is 0 Å². The monoisotopic (exact) mass is 485 g/mol. The number of hydrogen-bond donors (Lipinski definition) is 0. The molecular weight excluding hydrogens is 458 g/mol. The van der Waals surface area contributed by atoms with Gasteiger partial charge in [-0.1, -0.05) is 28.1 Å². The Labute approximate surface area is 191 Å². The molecule has 6 nitrogen and oxygen atoms in total. The summed E-state index contributed by atoms with van der Waals surface area (Å²) in [5.74, 6) is 0.605. The number of amides is 2. The highest BCUT2D eigenvalue weighted by Gasteiger charge is 2.34. The second-order valence-corrected chi connectivity index (χ2v) is 8.80. The van der Waals surface area contributed by atoms with Gasteiger partial charge in [0.05, 0.1) is 23.4 Å². The number of carbonyl (C=O) groups excluding carboxylic acids is 2. The van der Waals surface area contributed by atoms with Crippen LogP contribution in [0.25, 0.3) is 0 Å². The van der Waals surface area contributed by atoms with Crippen LogP contribution in [0.5, 0.6) is 5.75 Å². The quantitative estimate of drug-likeness (QED) is 0.417. The molecule has 1 fully saturated rings. The molecule has 0 aromatic heterocycles. The van der Waals surface area contributed by atoms with Crippen LogP contribution >= 0.6 is 15.9 Å². The SMILES string of the molecule is CCOc1cc(Br)ccc1N1CCN(CCCCN2C(=O)c3ccccc3C2=O)CC1. The summed E-state index contributed by atoms with van der Waals surface area (Å²) in [4.78, 5) is 31.1. The van der Waals surface area contributed by atoms with Gasteiger partial charge in [-0.25, -0.2) is 0 Å². The number of imide groups is 1. The fraction of sp³-hybridized carbons (Fsp3) is 0.417. The predicted octanol–water partition coefficient (Wildman–Crippen LogP) is 4.05. The van der Waals surface area contributed by atoms with Gasteiger partial charge in [-0.2, -0.15) is 0 Å². The molecule has 2 heterocycles. The molecular formula is C24H28BrN3O3. The van der Waals surface area contributed by atoms with Crippen molar-refractivity contribution in [2.75, 3.05) is 50.8 Å². The van der Waals surface area contributed by atoms with Gasteiger partial charge < -0.3 is 9.64 Å². The first-order chi connectivity index (χ1) is 15.1. The summed E-state index contributed by atoms with van der Waals surface area (Å²) in [6.45, 7) is 8.03. The van der Waals surface area contributed by atoms with E-state index >= 15 is 0 Å². The van der Waals surface area contributed by atoms with E-state index < -0.39 is 0 Å². The number of ether oxygens (including phenoxy) is 1. The largest absolute Gasteiger partial charge is 0.492 e. The van der Waals surface area contributed by atoms with E-state index in [9.17, 15) is 9.59 Å². The number of anilines is 1. The smallest absolute Gasteiger partial charge is 0.261 e. The van der Waals surface area contributed by atoms with E-state index in [1.54, 1.807) is 24.3 Å². The lowest BCUT2D eigenvalue weighted by atomic mass is 10.1. The molecule has 0 N–H and O–H groups in total. The van der Waals surface area contributed by atoms with Gasteiger partial charge >= 0.3 is 0 Å². The van der Waals surface area contributed by atoms with Crippen molar-refractivity contribution in [2.45, 2.75) is 19.8 Å². The van der Waals surface area contributed by atoms with Gasteiger partial charge in [0.1, 0.15) is 5.75 Å². The number of nitrogens with zero attached hydrogens (tertiary/aromatic N) is 3. The molecule has 31 heavy (non-hydrogen) atoms. The topological polar surface area (TPSA) is 53.1 Å². The third kappa shape index (κ3) is 4.77. The van der Waals surface area contributed by atoms with Gasteiger partial charge in [0, 0.05) is 37.2 Å². The molecule has 0 saturated carbocycles. The minimum Gasteiger partial charge on any atom is -0.492 e. The average molecular weight is 486 g/mol. The van der Waals surface area contributed by atoms with Crippen molar-refractivity contribution >= 4 is 33.4 Å². The molecule has 2 amide bonds. The molecule has 0 spiro atoms. The lowest BCUT2D eigenvalue weighted by molar-refractivity contribution is 0.0650. The molecule has 7 heteroatoms. The van der Waals surface area contributed by atoms with Gasteiger partial charge in [-0.3, -0.25) is 19.4 Å². The van der Waals surface area contributed by atoms with Crippen molar-refractivity contribution in [1.82, 2.24) is 9.80 Å². The summed E-state index contributed by atoms with van der Waals surface area (Å²) in [5.41, 5.74) is 2.21. The Bertz CT molecular complexity index is 922. The Kier molecular flexibility index (Phi) is 6.92. The highest BCUT2D eigenvalue weighted by Crippen LogP contribution is 2.32. The van der Waals surface area contributed by atoms with Crippen LogP contribution < -0.4 is 9.64 Å². The molecule has 0 radical (unpaired) electrons. The zero-order chi connectivity index (χ0) is 21.8. The van der Waals surface area contributed by atoms with Crippen molar-refractivity contribution in [3.8, 4) is 5.75 Å². The van der Waals surface area contributed by atoms with Crippen LogP contribution in [0.15, 0.2) is 46.9 Å². The van der Waals surface area contributed by atoms with E-state index in [-0.39, 0.29) is 11.8 Å². The minimum absolute atomic E-state index is 0.159. The van der Waals surface area contributed by atoms with E-state index in [4.69, 9.17) is 4.74 Å². The van der Waals surface area contributed by atoms with Gasteiger partial charge in [-0.05, 0) is 56.6 Å². The normalized spacial score (nSPS) is 16.7. The lowest BCUT2D eigenvalue weighted by Gasteiger charge is -2.36. The Hall–Kier alpha value is -2.38. The van der Waals surface area contributed by atoms with E-state index in [0.717, 1.165) is 61.5 Å². The highest BCUT2D eigenvalue weighted by molar-refractivity contribution is 9.10. The Morgan fingerprint density at radius 3 is 2.19 bits per heavy atom. The summed E-state index contributed by atoms with van der Waals surface area (Å²) in [6, 6.07) is 13.3. The molecule has 2 aromatic carbocycles. The molecule has 1 saturated heterocycles. The number of halogens is 1. The zero-order valence-electron chi connectivity index (χ0n) is 17.8. The van der Waals surface area contributed by atoms with Gasteiger partial charge in [0.15, 0.2) is 0 Å². The number of hydrogen-bond acceptors (Lipinski definition) is 5. The summed E-state index contributed by atoms with van der Waals surface area (Å²) < 4.78 is 6.85. The van der Waals surface area contributed by atoms with Crippen LogP contribution in [0.3, 0.4) is 0 Å². The summed E-state index contributed by atoms with van der Waals surface area (Å²) in [7, 11) is 0.